The number of hydrogen-bond acceptors (Lipinski definition) is 6. The Kier molecular flexibility index (Phi) is 3.52. The van der Waals surface area contributed by atoms with Crippen molar-refractivity contribution in [2.24, 2.45) is 0 Å². The number of rotatable bonds is 3. The summed E-state index contributed by atoms with van der Waals surface area (Å²) in [6.45, 7) is -0.828. The van der Waals surface area contributed by atoms with Gasteiger partial charge in [-0.1, -0.05) is 0 Å². The van der Waals surface area contributed by atoms with Crippen LogP contribution in [0.1, 0.15) is 0 Å². The van der Waals surface area contributed by atoms with E-state index >= 15 is 0 Å². The molecule has 2 N–H and O–H groups in total. The van der Waals surface area contributed by atoms with Gasteiger partial charge in [-0.3, -0.25) is 0 Å². The van der Waals surface area contributed by atoms with Crippen LogP contribution < -0.4 is 15.4 Å². The first-order valence-electron chi connectivity index (χ1n) is 5.06. The lowest BCUT2D eigenvalue weighted by Crippen LogP contribution is -2.37. The van der Waals surface area contributed by atoms with E-state index in [0.29, 0.717) is 26.3 Å². The standard InChI is InChI=1S/C9H12F2N4O2/c10-9(11)17-6-7(12)13-5-14-8(6)15-1-3-16-4-2-15/h5,9H,1-4H2,(H2,12,13,14). The van der Waals surface area contributed by atoms with Crippen LogP contribution in [-0.2, 0) is 4.74 Å². The first-order valence-corrected chi connectivity index (χ1v) is 5.06. The van der Waals surface area contributed by atoms with Crippen molar-refractivity contribution >= 4 is 11.6 Å². The maximum absolute atomic E-state index is 12.3. The van der Waals surface area contributed by atoms with E-state index in [0.717, 1.165) is 0 Å². The van der Waals surface area contributed by atoms with Gasteiger partial charge in [0.25, 0.3) is 0 Å². The lowest BCUT2D eigenvalue weighted by atomic mass is 10.3. The van der Waals surface area contributed by atoms with Crippen molar-refractivity contribution in [1.82, 2.24) is 9.97 Å². The van der Waals surface area contributed by atoms with Gasteiger partial charge in [-0.15, -0.1) is 0 Å². The summed E-state index contributed by atoms with van der Waals surface area (Å²) in [5, 5.41) is 0. The van der Waals surface area contributed by atoms with Crippen molar-refractivity contribution in [2.75, 3.05) is 36.9 Å². The minimum atomic E-state index is -2.96. The Morgan fingerprint density at radius 1 is 1.35 bits per heavy atom. The molecule has 1 saturated heterocycles. The first kappa shape index (κ1) is 11.8. The summed E-state index contributed by atoms with van der Waals surface area (Å²) in [6.07, 6.45) is 1.22. The van der Waals surface area contributed by atoms with E-state index < -0.39 is 6.61 Å². The summed E-state index contributed by atoms with van der Waals surface area (Å²) < 4.78 is 34.1. The fourth-order valence-corrected chi connectivity index (χ4v) is 1.58. The Morgan fingerprint density at radius 2 is 2.06 bits per heavy atom. The molecule has 0 unspecified atom stereocenters. The van der Waals surface area contributed by atoms with Gasteiger partial charge in [-0.2, -0.15) is 8.78 Å². The molecule has 0 aliphatic carbocycles. The van der Waals surface area contributed by atoms with Crippen LogP contribution in [0.4, 0.5) is 20.4 Å². The molecule has 0 radical (unpaired) electrons. The van der Waals surface area contributed by atoms with E-state index in [1.165, 1.54) is 6.33 Å². The molecule has 94 valence electrons. The van der Waals surface area contributed by atoms with Gasteiger partial charge in [-0.05, 0) is 0 Å². The van der Waals surface area contributed by atoms with Crippen LogP contribution in [0.5, 0.6) is 5.75 Å². The molecule has 0 aromatic carbocycles. The van der Waals surface area contributed by atoms with Crippen molar-refractivity contribution in [3.63, 3.8) is 0 Å². The molecule has 2 rings (SSSR count). The van der Waals surface area contributed by atoms with Gasteiger partial charge in [0.2, 0.25) is 5.75 Å². The van der Waals surface area contributed by atoms with Gasteiger partial charge in [0.15, 0.2) is 11.6 Å². The Morgan fingerprint density at radius 3 is 2.71 bits per heavy atom. The third-order valence-corrected chi connectivity index (χ3v) is 2.33. The molecule has 1 aliphatic rings. The molecule has 2 heterocycles. The smallest absolute Gasteiger partial charge is 0.387 e. The van der Waals surface area contributed by atoms with Crippen LogP contribution in [0, 0.1) is 0 Å². The summed E-state index contributed by atoms with van der Waals surface area (Å²) in [4.78, 5) is 9.35. The molecule has 8 heteroatoms. The zero-order valence-corrected chi connectivity index (χ0v) is 8.97. The van der Waals surface area contributed by atoms with Crippen LogP contribution in [0.25, 0.3) is 0 Å². The number of halogens is 2. The second-order valence-electron chi connectivity index (χ2n) is 3.39. The lowest BCUT2D eigenvalue weighted by molar-refractivity contribution is -0.0494. The normalized spacial score (nSPS) is 16.3. The molecule has 1 aliphatic heterocycles. The number of ether oxygens (including phenoxy) is 2. The van der Waals surface area contributed by atoms with Crippen molar-refractivity contribution in [3.8, 4) is 5.75 Å². The second kappa shape index (κ2) is 5.09. The predicted molar refractivity (Wildman–Crippen MR) is 56.1 cm³/mol. The molecular formula is C9H12F2N4O2. The van der Waals surface area contributed by atoms with Gasteiger partial charge in [0.05, 0.1) is 13.2 Å². The Hall–Kier alpha value is -1.70. The molecule has 17 heavy (non-hydrogen) atoms. The van der Waals surface area contributed by atoms with Crippen molar-refractivity contribution in [2.45, 2.75) is 6.61 Å². The number of alkyl halides is 2. The van der Waals surface area contributed by atoms with Crippen molar-refractivity contribution < 1.29 is 18.3 Å². The summed E-state index contributed by atoms with van der Waals surface area (Å²) >= 11 is 0. The van der Waals surface area contributed by atoms with Crippen LogP contribution >= 0.6 is 0 Å². The van der Waals surface area contributed by atoms with E-state index in [4.69, 9.17) is 10.5 Å². The summed E-state index contributed by atoms with van der Waals surface area (Å²) in [7, 11) is 0. The number of morpholine rings is 1. The lowest BCUT2D eigenvalue weighted by Gasteiger charge is -2.29. The zero-order valence-electron chi connectivity index (χ0n) is 8.97. The fraction of sp³-hybridized carbons (Fsp3) is 0.556. The average Bonchev–Trinajstić information content (AvgIpc) is 2.32. The molecule has 6 nitrogen and oxygen atoms in total. The Balaban J connectivity index is 2.27. The van der Waals surface area contributed by atoms with Gasteiger partial charge in [0, 0.05) is 13.1 Å². The quantitative estimate of drug-likeness (QED) is 0.837. The van der Waals surface area contributed by atoms with Crippen LogP contribution in [0.15, 0.2) is 6.33 Å². The predicted octanol–water partition coefficient (Wildman–Crippen LogP) is 0.497. The minimum absolute atomic E-state index is 0.0956. The molecule has 0 spiro atoms. The maximum atomic E-state index is 12.3. The largest absolute Gasteiger partial charge is 0.427 e. The third-order valence-electron chi connectivity index (χ3n) is 2.33. The van der Waals surface area contributed by atoms with Crippen LogP contribution in [0.3, 0.4) is 0 Å². The molecule has 1 aromatic heterocycles. The minimum Gasteiger partial charge on any atom is -0.427 e. The van der Waals surface area contributed by atoms with Gasteiger partial charge in [0.1, 0.15) is 6.33 Å². The van der Waals surface area contributed by atoms with E-state index in [1.807, 2.05) is 0 Å². The molecule has 0 amide bonds. The Bertz CT molecular complexity index is 385. The number of nitrogens with two attached hydrogens (primary N) is 1. The number of nitrogens with zero attached hydrogens (tertiary/aromatic N) is 3. The van der Waals surface area contributed by atoms with E-state index in [2.05, 4.69) is 14.7 Å². The van der Waals surface area contributed by atoms with E-state index in [9.17, 15) is 8.78 Å². The van der Waals surface area contributed by atoms with E-state index in [-0.39, 0.29) is 17.4 Å². The number of anilines is 2. The highest BCUT2D eigenvalue weighted by Gasteiger charge is 2.21. The number of nitrogen functional groups attached to an aromatic ring is 1. The SMILES string of the molecule is Nc1ncnc(N2CCOCC2)c1OC(F)F. The van der Waals surface area contributed by atoms with Crippen molar-refractivity contribution in [1.29, 1.82) is 0 Å². The van der Waals surface area contributed by atoms with Gasteiger partial charge in [-0.25, -0.2) is 9.97 Å². The monoisotopic (exact) mass is 246 g/mol. The molecule has 0 saturated carbocycles. The molecule has 0 atom stereocenters. The number of aromatic nitrogens is 2. The third kappa shape index (κ3) is 2.70. The van der Waals surface area contributed by atoms with E-state index in [1.54, 1.807) is 4.90 Å². The average molecular weight is 246 g/mol. The number of hydrogen-bond donors (Lipinski definition) is 1. The zero-order chi connectivity index (χ0) is 12.3. The fourth-order valence-electron chi connectivity index (χ4n) is 1.58. The highest BCUT2D eigenvalue weighted by atomic mass is 19.3. The van der Waals surface area contributed by atoms with Gasteiger partial charge >= 0.3 is 6.61 Å². The summed E-state index contributed by atoms with van der Waals surface area (Å²) in [5.41, 5.74) is 5.51. The molecule has 1 aromatic rings. The van der Waals surface area contributed by atoms with Crippen LogP contribution in [0.2, 0.25) is 0 Å². The Labute approximate surface area is 96.3 Å². The maximum Gasteiger partial charge on any atom is 0.387 e. The highest BCUT2D eigenvalue weighted by molar-refractivity contribution is 5.62. The molecule has 0 bridgehead atoms. The second-order valence-corrected chi connectivity index (χ2v) is 3.39. The first-order chi connectivity index (χ1) is 8.18. The topological polar surface area (TPSA) is 73.5 Å². The molecule has 1 fully saturated rings. The van der Waals surface area contributed by atoms with Gasteiger partial charge < -0.3 is 20.1 Å². The highest BCUT2D eigenvalue weighted by Crippen LogP contribution is 2.31. The summed E-state index contributed by atoms with van der Waals surface area (Å²) in [6, 6.07) is 0. The van der Waals surface area contributed by atoms with Crippen LogP contribution in [-0.4, -0.2) is 42.9 Å². The summed E-state index contributed by atoms with van der Waals surface area (Å²) in [5.74, 6) is 0.00675. The molecular weight excluding hydrogens is 234 g/mol. The van der Waals surface area contributed by atoms with Crippen molar-refractivity contribution in [3.05, 3.63) is 6.33 Å².